The molecule has 1 amide bonds. The molecular weight excluding hydrogens is 457 g/mol. The largest absolute Gasteiger partial charge is 0.493 e. The number of carbonyl (C=O) groups is 1. The highest BCUT2D eigenvalue weighted by atomic mass is 19.4. The first-order chi connectivity index (χ1) is 16.6. The van der Waals surface area contributed by atoms with Crippen LogP contribution in [0, 0.1) is 13.8 Å². The van der Waals surface area contributed by atoms with Gasteiger partial charge < -0.3 is 15.0 Å². The van der Waals surface area contributed by atoms with Gasteiger partial charge in [0.1, 0.15) is 11.4 Å². The van der Waals surface area contributed by atoms with Gasteiger partial charge in [0.15, 0.2) is 0 Å². The summed E-state index contributed by atoms with van der Waals surface area (Å²) in [4.78, 5) is 21.0. The Labute approximate surface area is 204 Å². The normalized spacial score (nSPS) is 20.9. The van der Waals surface area contributed by atoms with Gasteiger partial charge in [-0.25, -0.2) is 0 Å². The maximum Gasteiger partial charge on any atom is 0.417 e. The van der Waals surface area contributed by atoms with Crippen LogP contribution in [0.25, 0.3) is 0 Å². The minimum atomic E-state index is -4.47. The smallest absolute Gasteiger partial charge is 0.417 e. The second-order valence-corrected chi connectivity index (χ2v) is 9.51. The van der Waals surface area contributed by atoms with Crippen LogP contribution < -0.4 is 10.1 Å². The molecule has 0 radical (unpaired) electrons. The quantitative estimate of drug-likeness (QED) is 0.557. The van der Waals surface area contributed by atoms with Crippen LogP contribution in [-0.4, -0.2) is 66.1 Å². The summed E-state index contributed by atoms with van der Waals surface area (Å²) in [6.07, 6.45) is -1.93. The number of likely N-dealkylation sites (tertiary alicyclic amines) is 2. The summed E-state index contributed by atoms with van der Waals surface area (Å²) in [5, 5.41) is 3.12. The highest BCUT2D eigenvalue weighted by Gasteiger charge is 2.47. The third-order valence-corrected chi connectivity index (χ3v) is 7.41. The Bertz CT molecular complexity index is 1060. The van der Waals surface area contributed by atoms with Gasteiger partial charge in [0.2, 0.25) is 0 Å². The van der Waals surface area contributed by atoms with Crippen LogP contribution in [0.3, 0.4) is 0 Å². The SMILES string of the molecule is CNCCCOc1ccc([C@H](C)N2C[C@@H]3C[C@H]2CN3C(=O)c2ccc(C(F)(F)F)cn2)c(C)c1C. The van der Waals surface area contributed by atoms with Crippen LogP contribution in [0.1, 0.15) is 58.5 Å². The first-order valence-corrected chi connectivity index (χ1v) is 12.1. The summed E-state index contributed by atoms with van der Waals surface area (Å²) in [7, 11) is 1.93. The number of piperazine rings is 1. The number of carbonyl (C=O) groups excluding carboxylic acids is 1. The van der Waals surface area contributed by atoms with Gasteiger partial charge in [-0.3, -0.25) is 14.7 Å². The van der Waals surface area contributed by atoms with Gasteiger partial charge in [-0.1, -0.05) is 6.07 Å². The van der Waals surface area contributed by atoms with Crippen LogP contribution in [0.5, 0.6) is 5.75 Å². The van der Waals surface area contributed by atoms with E-state index in [4.69, 9.17) is 4.74 Å². The monoisotopic (exact) mass is 490 g/mol. The van der Waals surface area contributed by atoms with Crippen LogP contribution in [-0.2, 0) is 6.18 Å². The lowest BCUT2D eigenvalue weighted by Crippen LogP contribution is -2.49. The molecule has 2 bridgehead atoms. The number of nitrogens with one attached hydrogen (secondary N) is 1. The zero-order chi connectivity index (χ0) is 25.3. The average Bonchev–Trinajstić information content (AvgIpc) is 3.44. The topological polar surface area (TPSA) is 57.7 Å². The molecule has 9 heteroatoms. The van der Waals surface area contributed by atoms with Crippen LogP contribution in [0.2, 0.25) is 0 Å². The van der Waals surface area contributed by atoms with E-state index in [0.717, 1.165) is 49.5 Å². The van der Waals surface area contributed by atoms with Gasteiger partial charge in [0.05, 0.1) is 12.2 Å². The second kappa shape index (κ2) is 10.1. The Hall–Kier alpha value is -2.65. The number of hydrogen-bond acceptors (Lipinski definition) is 5. The predicted molar refractivity (Wildman–Crippen MR) is 128 cm³/mol. The lowest BCUT2D eigenvalue weighted by atomic mass is 9.96. The van der Waals surface area contributed by atoms with Crippen molar-refractivity contribution in [2.45, 2.75) is 57.9 Å². The van der Waals surface area contributed by atoms with Crippen molar-refractivity contribution in [1.29, 1.82) is 0 Å². The summed E-state index contributed by atoms with van der Waals surface area (Å²) < 4.78 is 44.4. The third-order valence-electron chi connectivity index (χ3n) is 7.41. The molecule has 35 heavy (non-hydrogen) atoms. The Morgan fingerprint density at radius 2 is 1.94 bits per heavy atom. The molecule has 1 aromatic heterocycles. The average molecular weight is 491 g/mol. The number of hydrogen-bond donors (Lipinski definition) is 1. The van der Waals surface area contributed by atoms with E-state index in [2.05, 4.69) is 42.0 Å². The fraction of sp³-hybridized carbons (Fsp3) is 0.538. The minimum absolute atomic E-state index is 0.0372. The molecule has 1 N–H and O–H groups in total. The molecular formula is C26H33F3N4O2. The van der Waals surface area contributed by atoms with Crippen molar-refractivity contribution in [1.82, 2.24) is 20.1 Å². The van der Waals surface area contributed by atoms with Crippen molar-refractivity contribution in [3.63, 3.8) is 0 Å². The summed E-state index contributed by atoms with van der Waals surface area (Å²) in [6.45, 7) is 9.29. The molecule has 0 saturated carbocycles. The Kier molecular flexibility index (Phi) is 7.38. The Balaban J connectivity index is 1.40. The molecule has 1 aromatic carbocycles. The van der Waals surface area contributed by atoms with E-state index in [1.807, 2.05) is 13.1 Å². The van der Waals surface area contributed by atoms with Crippen LogP contribution in [0.15, 0.2) is 30.5 Å². The fourth-order valence-electron chi connectivity index (χ4n) is 5.29. The van der Waals surface area contributed by atoms with E-state index < -0.39 is 11.7 Å². The molecule has 4 rings (SSSR count). The van der Waals surface area contributed by atoms with Gasteiger partial charge in [0.25, 0.3) is 5.91 Å². The van der Waals surface area contributed by atoms with E-state index in [9.17, 15) is 18.0 Å². The fourth-order valence-corrected chi connectivity index (χ4v) is 5.29. The van der Waals surface area contributed by atoms with Crippen molar-refractivity contribution in [2.75, 3.05) is 33.3 Å². The minimum Gasteiger partial charge on any atom is -0.493 e. The van der Waals surface area contributed by atoms with Gasteiger partial charge in [-0.05, 0) is 82.1 Å². The predicted octanol–water partition coefficient (Wildman–Crippen LogP) is 4.37. The number of benzene rings is 1. The Morgan fingerprint density at radius 3 is 2.54 bits per heavy atom. The van der Waals surface area contributed by atoms with Crippen molar-refractivity contribution in [3.8, 4) is 5.75 Å². The molecule has 2 aromatic rings. The molecule has 190 valence electrons. The second-order valence-electron chi connectivity index (χ2n) is 9.51. The summed E-state index contributed by atoms with van der Waals surface area (Å²) >= 11 is 0. The number of aromatic nitrogens is 1. The van der Waals surface area contributed by atoms with E-state index in [1.165, 1.54) is 17.2 Å². The maximum absolute atomic E-state index is 13.0. The maximum atomic E-state index is 13.0. The van der Waals surface area contributed by atoms with Crippen LogP contribution >= 0.6 is 0 Å². The zero-order valence-electron chi connectivity index (χ0n) is 20.7. The molecule has 2 aliphatic rings. The van der Waals surface area contributed by atoms with E-state index in [0.29, 0.717) is 13.2 Å². The molecule has 0 unspecified atom stereocenters. The van der Waals surface area contributed by atoms with Crippen LogP contribution in [0.4, 0.5) is 13.2 Å². The first kappa shape index (κ1) is 25.4. The zero-order valence-corrected chi connectivity index (χ0v) is 20.7. The highest BCUT2D eigenvalue weighted by Crippen LogP contribution is 2.39. The van der Waals surface area contributed by atoms with Gasteiger partial charge in [-0.2, -0.15) is 13.2 Å². The molecule has 3 heterocycles. The number of rotatable bonds is 8. The Morgan fingerprint density at radius 1 is 1.17 bits per heavy atom. The third kappa shape index (κ3) is 5.16. The first-order valence-electron chi connectivity index (χ1n) is 12.1. The number of amides is 1. The molecule has 0 spiro atoms. The highest BCUT2D eigenvalue weighted by molar-refractivity contribution is 5.93. The molecule has 3 atom stereocenters. The lowest BCUT2D eigenvalue weighted by molar-refractivity contribution is -0.137. The van der Waals surface area contributed by atoms with Crippen molar-refractivity contribution in [3.05, 3.63) is 58.4 Å². The number of pyridine rings is 1. The van der Waals surface area contributed by atoms with Gasteiger partial charge in [0, 0.05) is 37.4 Å². The number of alkyl halides is 3. The summed E-state index contributed by atoms with van der Waals surface area (Å²) in [6, 6.07) is 6.72. The van der Waals surface area contributed by atoms with E-state index >= 15 is 0 Å². The van der Waals surface area contributed by atoms with Crippen molar-refractivity contribution >= 4 is 5.91 Å². The molecule has 2 saturated heterocycles. The van der Waals surface area contributed by atoms with E-state index in [-0.39, 0.29) is 29.7 Å². The van der Waals surface area contributed by atoms with Gasteiger partial charge >= 0.3 is 6.18 Å². The number of nitrogens with zero attached hydrogens (tertiary/aromatic N) is 3. The number of halogens is 3. The molecule has 2 aliphatic heterocycles. The summed E-state index contributed by atoms with van der Waals surface area (Å²) in [5.41, 5.74) is 2.82. The number of fused-ring (bicyclic) bond motifs is 2. The molecule has 2 fully saturated rings. The van der Waals surface area contributed by atoms with Gasteiger partial charge in [-0.15, -0.1) is 0 Å². The van der Waals surface area contributed by atoms with Crippen molar-refractivity contribution < 1.29 is 22.7 Å². The molecule has 6 nitrogen and oxygen atoms in total. The van der Waals surface area contributed by atoms with E-state index in [1.54, 1.807) is 4.90 Å². The lowest BCUT2D eigenvalue weighted by Gasteiger charge is -2.38. The standard InChI is InChI=1S/C26H33F3N4O2/c1-16-17(2)24(35-11-5-10-30-4)9-7-22(16)18(3)32-14-21-12-20(32)15-33(21)25(34)23-8-6-19(13-31-23)26(27,28)29/h6-9,13,18,20-21,30H,5,10-12,14-15H2,1-4H3/t18-,20-,21-/m0/s1. The number of ether oxygens (including phenoxy) is 1. The van der Waals surface area contributed by atoms with Crippen molar-refractivity contribution in [2.24, 2.45) is 0 Å². The summed E-state index contributed by atoms with van der Waals surface area (Å²) in [5.74, 6) is 0.614. The molecule has 0 aliphatic carbocycles.